The van der Waals surface area contributed by atoms with E-state index in [1.807, 2.05) is 0 Å². The maximum atomic E-state index is 16.6. The van der Waals surface area contributed by atoms with Gasteiger partial charge in [0.1, 0.15) is 0 Å². The van der Waals surface area contributed by atoms with Gasteiger partial charge in [-0.15, -0.1) is 0 Å². The van der Waals surface area contributed by atoms with Crippen molar-refractivity contribution in [2.24, 2.45) is 0 Å². The van der Waals surface area contributed by atoms with E-state index in [0.717, 1.165) is 24.3 Å². The molecule has 2 aromatic rings. The molecule has 0 amide bonds. The molecule has 0 bridgehead atoms. The second kappa shape index (κ2) is 6.07. The molecule has 0 aromatic heterocycles. The van der Waals surface area contributed by atoms with Gasteiger partial charge in [-0.1, -0.05) is 0 Å². The van der Waals surface area contributed by atoms with Crippen LogP contribution in [0.1, 0.15) is 13.3 Å². The zero-order chi connectivity index (χ0) is 18.1. The first-order valence-corrected chi connectivity index (χ1v) is 9.69. The molecule has 0 N–H and O–H groups in total. The first-order valence-electron chi connectivity index (χ1n) is 7.38. The molecule has 2 aromatic carbocycles. The molecule has 0 saturated carbocycles. The van der Waals surface area contributed by atoms with Gasteiger partial charge in [-0.25, -0.2) is 0 Å². The second-order valence-electron chi connectivity index (χ2n) is 5.62. The Morgan fingerprint density at radius 2 is 1.12 bits per heavy atom. The van der Waals surface area contributed by atoms with Crippen molar-refractivity contribution in [3.63, 3.8) is 0 Å². The molecule has 0 fully saturated rings. The average Bonchev–Trinajstić information content (AvgIpc) is 2.55. The summed E-state index contributed by atoms with van der Waals surface area (Å²) >= 11 is 0. The zero-order valence-corrected chi connectivity index (χ0v) is 13.8. The van der Waals surface area contributed by atoms with Crippen LogP contribution in [-0.4, -0.2) is 18.0 Å². The summed E-state index contributed by atoms with van der Waals surface area (Å²) in [5.41, 5.74) is -5.49. The van der Waals surface area contributed by atoms with E-state index in [4.69, 9.17) is 0 Å². The predicted octanol–water partition coefficient (Wildman–Crippen LogP) is 5.64. The van der Waals surface area contributed by atoms with Gasteiger partial charge >= 0.3 is 136 Å². The van der Waals surface area contributed by atoms with Crippen molar-refractivity contribution in [2.45, 2.75) is 25.2 Å². The normalized spacial score (nSPS) is 14.9. The molecule has 0 heterocycles. The van der Waals surface area contributed by atoms with E-state index in [0.29, 0.717) is 0 Å². The van der Waals surface area contributed by atoms with Gasteiger partial charge in [0.05, 0.1) is 0 Å². The number of alkyl halides is 5. The Morgan fingerprint density at radius 1 is 0.750 bits per heavy atom. The SMILES string of the molecule is CCCP(F)(c1ccccc1)(c1ccccc1)C(F)(F)C(F)(F)F. The van der Waals surface area contributed by atoms with Crippen LogP contribution >= 0.6 is 6.91 Å². The molecule has 2 rings (SSSR count). The third kappa shape index (κ3) is 2.43. The standard InChI is InChI=1S/C17H17F6P/c1-2-13-24(23,14-9-5-3-6-10-14,15-11-7-4-8-12-15)17(21,22)16(18,19)20/h3-12H,2,13H2,1H3. The van der Waals surface area contributed by atoms with E-state index in [-0.39, 0.29) is 6.42 Å². The van der Waals surface area contributed by atoms with E-state index in [1.54, 1.807) is 0 Å². The Bertz CT molecular complexity index is 642. The molecule has 0 saturated heterocycles. The van der Waals surface area contributed by atoms with Crippen molar-refractivity contribution in [3.05, 3.63) is 60.7 Å². The van der Waals surface area contributed by atoms with Crippen molar-refractivity contribution in [3.8, 4) is 0 Å². The summed E-state index contributed by atoms with van der Waals surface area (Å²) in [6, 6.07) is 12.1. The molecule has 0 unspecified atom stereocenters. The first kappa shape index (κ1) is 18.8. The summed E-state index contributed by atoms with van der Waals surface area (Å²) in [5, 5.41) is -1.17. The van der Waals surface area contributed by atoms with Gasteiger partial charge in [0.15, 0.2) is 0 Å². The van der Waals surface area contributed by atoms with E-state index < -0.39 is 35.5 Å². The van der Waals surface area contributed by atoms with Crippen molar-refractivity contribution >= 4 is 17.5 Å². The number of hydrogen-bond acceptors (Lipinski definition) is 0. The van der Waals surface area contributed by atoms with Crippen LogP contribution in [0.25, 0.3) is 0 Å². The van der Waals surface area contributed by atoms with Gasteiger partial charge < -0.3 is 0 Å². The molecule has 0 aliphatic heterocycles. The number of halogens is 6. The van der Waals surface area contributed by atoms with Crippen LogP contribution in [-0.2, 0) is 0 Å². The Hall–Kier alpha value is -1.55. The van der Waals surface area contributed by atoms with Gasteiger partial charge in [0.2, 0.25) is 0 Å². The minimum absolute atomic E-state index is 0.149. The Labute approximate surface area is 136 Å². The fraction of sp³-hybridized carbons (Fsp3) is 0.294. The third-order valence-electron chi connectivity index (χ3n) is 4.16. The number of hydrogen-bond donors (Lipinski definition) is 0. The van der Waals surface area contributed by atoms with Gasteiger partial charge in [-0.2, -0.15) is 0 Å². The van der Waals surface area contributed by atoms with Crippen molar-refractivity contribution in [2.75, 3.05) is 6.16 Å². The molecule has 24 heavy (non-hydrogen) atoms. The summed E-state index contributed by atoms with van der Waals surface area (Å²) in [7, 11) is 0. The Kier molecular flexibility index (Phi) is 4.75. The second-order valence-corrected chi connectivity index (χ2v) is 10.0. The van der Waals surface area contributed by atoms with Crippen LogP contribution in [0.4, 0.5) is 26.1 Å². The van der Waals surface area contributed by atoms with Crippen LogP contribution in [0.5, 0.6) is 0 Å². The molecule has 7 heteroatoms. The molecule has 0 spiro atoms. The summed E-state index contributed by atoms with van der Waals surface area (Å²) in [6.45, 7) is -4.98. The molecular weight excluding hydrogens is 349 g/mol. The average molecular weight is 366 g/mol. The molecule has 0 aliphatic carbocycles. The van der Waals surface area contributed by atoms with Gasteiger partial charge in [0.25, 0.3) is 0 Å². The molecule has 0 aliphatic rings. The van der Waals surface area contributed by atoms with Crippen LogP contribution in [0.15, 0.2) is 60.7 Å². The topological polar surface area (TPSA) is 0 Å². The van der Waals surface area contributed by atoms with Crippen molar-refractivity contribution < 1.29 is 26.1 Å². The fourth-order valence-corrected chi connectivity index (χ4v) is 7.73. The number of benzene rings is 2. The first-order chi connectivity index (χ1) is 11.1. The molecule has 132 valence electrons. The van der Waals surface area contributed by atoms with Gasteiger partial charge in [0, 0.05) is 0 Å². The minimum atomic E-state index is -6.38. The van der Waals surface area contributed by atoms with E-state index in [2.05, 4.69) is 0 Å². The molecule has 0 nitrogen and oxygen atoms in total. The van der Waals surface area contributed by atoms with E-state index in [1.165, 1.54) is 43.3 Å². The molecule has 0 atom stereocenters. The third-order valence-corrected chi connectivity index (χ3v) is 9.62. The Balaban J connectivity index is 2.98. The quantitative estimate of drug-likeness (QED) is 0.475. The maximum absolute atomic E-state index is 16.6. The van der Waals surface area contributed by atoms with E-state index in [9.17, 15) is 22.0 Å². The fourth-order valence-electron chi connectivity index (χ4n) is 3.03. The summed E-state index contributed by atoms with van der Waals surface area (Å²) < 4.78 is 86.0. The summed E-state index contributed by atoms with van der Waals surface area (Å²) in [6.07, 6.45) is -7.03. The van der Waals surface area contributed by atoms with Crippen LogP contribution in [0.2, 0.25) is 0 Å². The van der Waals surface area contributed by atoms with Crippen LogP contribution in [0, 0.1) is 0 Å². The van der Waals surface area contributed by atoms with Crippen LogP contribution in [0.3, 0.4) is 0 Å². The van der Waals surface area contributed by atoms with Crippen LogP contribution < -0.4 is 10.6 Å². The Morgan fingerprint density at radius 3 is 1.42 bits per heavy atom. The number of rotatable bonds is 5. The predicted molar refractivity (Wildman–Crippen MR) is 86.3 cm³/mol. The van der Waals surface area contributed by atoms with Gasteiger partial charge in [-0.05, 0) is 0 Å². The van der Waals surface area contributed by atoms with Crippen molar-refractivity contribution in [1.29, 1.82) is 0 Å². The summed E-state index contributed by atoms with van der Waals surface area (Å²) in [5.74, 6) is 0. The zero-order valence-electron chi connectivity index (χ0n) is 12.9. The molecular formula is C17H17F6P. The summed E-state index contributed by atoms with van der Waals surface area (Å²) in [4.78, 5) is 0. The van der Waals surface area contributed by atoms with Gasteiger partial charge in [-0.3, -0.25) is 0 Å². The molecule has 0 radical (unpaired) electrons. The van der Waals surface area contributed by atoms with E-state index >= 15 is 4.20 Å². The monoisotopic (exact) mass is 366 g/mol. The van der Waals surface area contributed by atoms with Crippen molar-refractivity contribution in [1.82, 2.24) is 0 Å².